The van der Waals surface area contributed by atoms with Gasteiger partial charge in [0, 0.05) is 32.7 Å². The van der Waals surface area contributed by atoms with Crippen molar-refractivity contribution in [1.82, 2.24) is 10.2 Å². The highest BCUT2D eigenvalue weighted by atomic mass is 16.2. The molecule has 0 spiro atoms. The molecule has 4 heteroatoms. The summed E-state index contributed by atoms with van der Waals surface area (Å²) in [6.45, 7) is 2.53. The fourth-order valence-corrected chi connectivity index (χ4v) is 1.72. The van der Waals surface area contributed by atoms with E-state index in [4.69, 9.17) is 5.73 Å². The maximum absolute atomic E-state index is 11.7. The lowest BCUT2D eigenvalue weighted by Gasteiger charge is -2.10. The van der Waals surface area contributed by atoms with E-state index in [-0.39, 0.29) is 5.91 Å². The summed E-state index contributed by atoms with van der Waals surface area (Å²) in [6, 6.07) is 7.84. The normalized spacial score (nSPS) is 10.4. The number of hydrogen-bond acceptors (Lipinski definition) is 3. The SMILES string of the molecule is CN(C)C(=O)c1ccc(CCCNCCN)cc1. The average Bonchev–Trinajstić information content (AvgIpc) is 2.38. The third-order valence-electron chi connectivity index (χ3n) is 2.75. The van der Waals surface area contributed by atoms with E-state index < -0.39 is 0 Å². The van der Waals surface area contributed by atoms with Crippen molar-refractivity contribution in [3.8, 4) is 0 Å². The second-order valence-corrected chi connectivity index (χ2v) is 4.54. The molecule has 1 rings (SSSR count). The molecule has 1 aromatic carbocycles. The summed E-state index contributed by atoms with van der Waals surface area (Å²) in [5, 5.41) is 3.26. The van der Waals surface area contributed by atoms with E-state index in [0.29, 0.717) is 6.54 Å². The molecule has 4 nitrogen and oxygen atoms in total. The Morgan fingerprint density at radius 1 is 1.22 bits per heavy atom. The number of carbonyl (C=O) groups excluding carboxylic acids is 1. The van der Waals surface area contributed by atoms with E-state index in [1.54, 1.807) is 19.0 Å². The van der Waals surface area contributed by atoms with Gasteiger partial charge in [0.1, 0.15) is 0 Å². The zero-order valence-electron chi connectivity index (χ0n) is 11.3. The molecule has 1 aromatic rings. The van der Waals surface area contributed by atoms with Crippen LogP contribution in [0.25, 0.3) is 0 Å². The van der Waals surface area contributed by atoms with Gasteiger partial charge < -0.3 is 16.0 Å². The predicted molar refractivity (Wildman–Crippen MR) is 74.7 cm³/mol. The van der Waals surface area contributed by atoms with Crippen molar-refractivity contribution < 1.29 is 4.79 Å². The lowest BCUT2D eigenvalue weighted by Crippen LogP contribution is -2.23. The lowest BCUT2D eigenvalue weighted by atomic mass is 10.1. The minimum atomic E-state index is 0.0474. The third kappa shape index (κ3) is 4.85. The molecule has 0 atom stereocenters. The fraction of sp³-hybridized carbons (Fsp3) is 0.500. The molecule has 100 valence electrons. The van der Waals surface area contributed by atoms with Gasteiger partial charge in [0.25, 0.3) is 5.91 Å². The summed E-state index contributed by atoms with van der Waals surface area (Å²) < 4.78 is 0. The molecule has 0 radical (unpaired) electrons. The zero-order chi connectivity index (χ0) is 13.4. The number of amides is 1. The van der Waals surface area contributed by atoms with Crippen molar-refractivity contribution in [2.24, 2.45) is 5.73 Å². The van der Waals surface area contributed by atoms with Gasteiger partial charge in [-0.15, -0.1) is 0 Å². The van der Waals surface area contributed by atoms with E-state index in [0.717, 1.165) is 31.5 Å². The zero-order valence-corrected chi connectivity index (χ0v) is 11.3. The summed E-state index contributed by atoms with van der Waals surface area (Å²) >= 11 is 0. The van der Waals surface area contributed by atoms with Crippen LogP contribution in [0.1, 0.15) is 22.3 Å². The first-order chi connectivity index (χ1) is 8.65. The van der Waals surface area contributed by atoms with Gasteiger partial charge in [-0.3, -0.25) is 4.79 Å². The predicted octanol–water partition coefficient (Wildman–Crippen LogP) is 0.869. The summed E-state index contributed by atoms with van der Waals surface area (Å²) in [6.07, 6.45) is 2.11. The van der Waals surface area contributed by atoms with Gasteiger partial charge in [0.15, 0.2) is 0 Å². The van der Waals surface area contributed by atoms with Crippen LogP contribution in [-0.2, 0) is 6.42 Å². The first-order valence-electron chi connectivity index (χ1n) is 6.36. The van der Waals surface area contributed by atoms with Gasteiger partial charge in [-0.1, -0.05) is 12.1 Å². The molecule has 0 aliphatic carbocycles. The third-order valence-corrected chi connectivity index (χ3v) is 2.75. The monoisotopic (exact) mass is 249 g/mol. The van der Waals surface area contributed by atoms with E-state index in [2.05, 4.69) is 5.32 Å². The minimum Gasteiger partial charge on any atom is -0.345 e. The van der Waals surface area contributed by atoms with E-state index >= 15 is 0 Å². The fourth-order valence-electron chi connectivity index (χ4n) is 1.72. The van der Waals surface area contributed by atoms with Crippen molar-refractivity contribution in [3.63, 3.8) is 0 Å². The number of carbonyl (C=O) groups is 1. The van der Waals surface area contributed by atoms with E-state index in [9.17, 15) is 4.79 Å². The quantitative estimate of drug-likeness (QED) is 0.705. The Hall–Kier alpha value is -1.39. The Kier molecular flexibility index (Phi) is 6.39. The first kappa shape index (κ1) is 14.7. The number of nitrogens with zero attached hydrogens (tertiary/aromatic N) is 1. The topological polar surface area (TPSA) is 58.4 Å². The maximum atomic E-state index is 11.7. The molecule has 0 aromatic heterocycles. The Labute approximate surface area is 109 Å². The highest BCUT2D eigenvalue weighted by Crippen LogP contribution is 2.08. The van der Waals surface area contributed by atoms with Crippen molar-refractivity contribution in [2.75, 3.05) is 33.7 Å². The minimum absolute atomic E-state index is 0.0474. The second kappa shape index (κ2) is 7.84. The largest absolute Gasteiger partial charge is 0.345 e. The van der Waals surface area contributed by atoms with Crippen LogP contribution in [-0.4, -0.2) is 44.5 Å². The molecular weight excluding hydrogens is 226 g/mol. The van der Waals surface area contributed by atoms with Gasteiger partial charge in [0.05, 0.1) is 0 Å². The van der Waals surface area contributed by atoms with Gasteiger partial charge in [-0.05, 0) is 37.1 Å². The number of hydrogen-bond donors (Lipinski definition) is 2. The summed E-state index contributed by atoms with van der Waals surface area (Å²) in [5.41, 5.74) is 7.40. The molecule has 0 aliphatic rings. The number of nitrogens with two attached hydrogens (primary N) is 1. The number of rotatable bonds is 7. The summed E-state index contributed by atoms with van der Waals surface area (Å²) in [5.74, 6) is 0.0474. The van der Waals surface area contributed by atoms with Crippen molar-refractivity contribution in [3.05, 3.63) is 35.4 Å². The number of nitrogens with one attached hydrogen (secondary N) is 1. The van der Waals surface area contributed by atoms with Gasteiger partial charge in [0.2, 0.25) is 0 Å². The van der Waals surface area contributed by atoms with Crippen LogP contribution in [0, 0.1) is 0 Å². The van der Waals surface area contributed by atoms with Crippen LogP contribution in [0.4, 0.5) is 0 Å². The Morgan fingerprint density at radius 3 is 2.44 bits per heavy atom. The van der Waals surface area contributed by atoms with E-state index in [1.807, 2.05) is 24.3 Å². The Balaban J connectivity index is 2.38. The molecule has 0 saturated carbocycles. The van der Waals surface area contributed by atoms with Crippen LogP contribution in [0.5, 0.6) is 0 Å². The van der Waals surface area contributed by atoms with Crippen LogP contribution >= 0.6 is 0 Å². The van der Waals surface area contributed by atoms with Crippen LogP contribution < -0.4 is 11.1 Å². The van der Waals surface area contributed by atoms with Gasteiger partial charge >= 0.3 is 0 Å². The molecule has 0 unspecified atom stereocenters. The van der Waals surface area contributed by atoms with Crippen molar-refractivity contribution >= 4 is 5.91 Å². The van der Waals surface area contributed by atoms with E-state index in [1.165, 1.54) is 5.56 Å². The summed E-state index contributed by atoms with van der Waals surface area (Å²) in [7, 11) is 3.53. The highest BCUT2D eigenvalue weighted by Gasteiger charge is 2.06. The molecule has 0 heterocycles. The van der Waals surface area contributed by atoms with Crippen molar-refractivity contribution in [1.29, 1.82) is 0 Å². The van der Waals surface area contributed by atoms with Crippen molar-refractivity contribution in [2.45, 2.75) is 12.8 Å². The number of benzene rings is 1. The number of aryl methyl sites for hydroxylation is 1. The molecule has 0 bridgehead atoms. The highest BCUT2D eigenvalue weighted by molar-refractivity contribution is 5.93. The first-order valence-corrected chi connectivity index (χ1v) is 6.36. The maximum Gasteiger partial charge on any atom is 0.253 e. The molecular formula is C14H23N3O. The molecule has 0 aliphatic heterocycles. The molecule has 18 heavy (non-hydrogen) atoms. The Bertz CT molecular complexity index is 360. The molecule has 3 N–H and O–H groups in total. The van der Waals surface area contributed by atoms with Gasteiger partial charge in [-0.25, -0.2) is 0 Å². The average molecular weight is 249 g/mol. The summed E-state index contributed by atoms with van der Waals surface area (Å²) in [4.78, 5) is 13.3. The lowest BCUT2D eigenvalue weighted by molar-refractivity contribution is 0.0827. The standard InChI is InChI=1S/C14H23N3O/c1-17(2)14(18)13-7-5-12(6-8-13)4-3-10-16-11-9-15/h5-8,16H,3-4,9-11,15H2,1-2H3. The molecule has 0 saturated heterocycles. The van der Waals surface area contributed by atoms with Gasteiger partial charge in [-0.2, -0.15) is 0 Å². The Morgan fingerprint density at radius 2 is 1.89 bits per heavy atom. The van der Waals surface area contributed by atoms with Crippen LogP contribution in [0.3, 0.4) is 0 Å². The van der Waals surface area contributed by atoms with Crippen LogP contribution in [0.2, 0.25) is 0 Å². The van der Waals surface area contributed by atoms with Crippen LogP contribution in [0.15, 0.2) is 24.3 Å². The second-order valence-electron chi connectivity index (χ2n) is 4.54. The molecule has 1 amide bonds. The molecule has 0 fully saturated rings. The smallest absolute Gasteiger partial charge is 0.253 e.